The molecule has 0 spiro atoms. The fourth-order valence-corrected chi connectivity index (χ4v) is 5.75. The minimum atomic E-state index is -0.413. The van der Waals surface area contributed by atoms with E-state index in [0.717, 1.165) is 57.6 Å². The van der Waals surface area contributed by atoms with Gasteiger partial charge in [-0.15, -0.1) is 0 Å². The maximum atomic E-state index is 13.1. The first-order chi connectivity index (χ1) is 17.1. The first-order valence-electron chi connectivity index (χ1n) is 12.9. The van der Waals surface area contributed by atoms with Crippen LogP contribution < -0.4 is 0 Å². The predicted molar refractivity (Wildman–Crippen MR) is 137 cm³/mol. The number of amides is 1. The molecule has 1 aromatic carbocycles. The number of aromatic nitrogens is 2. The number of ketones is 1. The van der Waals surface area contributed by atoms with E-state index in [4.69, 9.17) is 0 Å². The van der Waals surface area contributed by atoms with Gasteiger partial charge in [0, 0.05) is 68.0 Å². The first kappa shape index (κ1) is 26.0. The molecule has 1 saturated carbocycles. The topological polar surface area (TPSA) is 112 Å². The van der Waals surface area contributed by atoms with Crippen LogP contribution in [0.1, 0.15) is 51.6 Å². The molecule has 2 heterocycles. The molecule has 0 radical (unpaired) electrons. The predicted octanol–water partition coefficient (Wildman–Crippen LogP) is 4.09. The molecule has 9 heteroatoms. The maximum Gasteiger partial charge on any atom is 0.270 e. The Labute approximate surface area is 212 Å². The average molecular weight is 496 g/mol. The van der Waals surface area contributed by atoms with Crippen molar-refractivity contribution in [2.24, 2.45) is 17.3 Å². The van der Waals surface area contributed by atoms with E-state index in [-0.39, 0.29) is 34.6 Å². The van der Waals surface area contributed by atoms with Crippen molar-refractivity contribution < 1.29 is 14.5 Å². The highest BCUT2D eigenvalue weighted by atomic mass is 16.6. The smallest absolute Gasteiger partial charge is 0.270 e. The second kappa shape index (κ2) is 10.9. The third kappa shape index (κ3) is 6.00. The molecule has 1 aliphatic carbocycles. The lowest BCUT2D eigenvalue weighted by Crippen LogP contribution is -2.48. The molecule has 194 valence electrons. The van der Waals surface area contributed by atoms with Crippen molar-refractivity contribution in [2.75, 3.05) is 33.2 Å². The molecule has 36 heavy (non-hydrogen) atoms. The summed E-state index contributed by atoms with van der Waals surface area (Å²) < 4.78 is 0. The van der Waals surface area contributed by atoms with Gasteiger partial charge >= 0.3 is 0 Å². The highest BCUT2D eigenvalue weighted by Crippen LogP contribution is 2.53. The van der Waals surface area contributed by atoms with Crippen LogP contribution in [0.4, 0.5) is 5.69 Å². The number of carbonyl (C=O) groups excluding carboxylic acids is 2. The Balaban J connectivity index is 1.30. The first-order valence-corrected chi connectivity index (χ1v) is 12.9. The molecule has 0 bridgehead atoms. The van der Waals surface area contributed by atoms with Gasteiger partial charge in [0.1, 0.15) is 11.6 Å². The van der Waals surface area contributed by atoms with E-state index in [0.29, 0.717) is 24.2 Å². The summed E-state index contributed by atoms with van der Waals surface area (Å²) in [6, 6.07) is 6.42. The summed E-state index contributed by atoms with van der Waals surface area (Å²) in [5.41, 5.74) is 1.74. The van der Waals surface area contributed by atoms with Crippen LogP contribution in [0.3, 0.4) is 0 Å². The monoisotopic (exact) mass is 495 g/mol. The number of Topliss-reactive ketones (excluding diaryl/α,β-unsaturated/α-hetero) is 1. The van der Waals surface area contributed by atoms with Crippen LogP contribution in [0.15, 0.2) is 30.5 Å². The molecule has 1 aromatic heterocycles. The van der Waals surface area contributed by atoms with Crippen LogP contribution in [-0.2, 0) is 16.0 Å². The SMILES string of the molecule is CN1CCCN(C(=O)CCC(=O)[C@H]2CC(C)(C)[C@@H]2CCc2cnc(-c3cccc([N+](=O)[O-])c3)[nH]2)CC1. The van der Waals surface area contributed by atoms with Crippen molar-refractivity contribution in [3.63, 3.8) is 0 Å². The second-order valence-electron chi connectivity index (χ2n) is 11.0. The van der Waals surface area contributed by atoms with Gasteiger partial charge in [0.05, 0.1) is 4.92 Å². The number of H-pyrrole nitrogens is 1. The van der Waals surface area contributed by atoms with Gasteiger partial charge in [-0.1, -0.05) is 26.0 Å². The Morgan fingerprint density at radius 2 is 2.00 bits per heavy atom. The van der Waals surface area contributed by atoms with Crippen molar-refractivity contribution in [2.45, 2.75) is 52.4 Å². The molecule has 2 aliphatic rings. The molecule has 1 saturated heterocycles. The number of aryl methyl sites for hydroxylation is 1. The number of likely N-dealkylation sites (N-methyl/N-ethyl adjacent to an activating group) is 1. The zero-order chi connectivity index (χ0) is 25.9. The van der Waals surface area contributed by atoms with E-state index in [2.05, 4.69) is 35.8 Å². The van der Waals surface area contributed by atoms with Crippen molar-refractivity contribution in [1.82, 2.24) is 19.8 Å². The van der Waals surface area contributed by atoms with Gasteiger partial charge < -0.3 is 14.8 Å². The summed E-state index contributed by atoms with van der Waals surface area (Å²) in [7, 11) is 2.08. The molecule has 1 amide bonds. The van der Waals surface area contributed by atoms with Crippen molar-refractivity contribution >= 4 is 17.4 Å². The van der Waals surface area contributed by atoms with Gasteiger partial charge in [-0.2, -0.15) is 0 Å². The quantitative estimate of drug-likeness (QED) is 0.414. The number of hydrogen-bond acceptors (Lipinski definition) is 6. The lowest BCUT2D eigenvalue weighted by Gasteiger charge is -2.51. The largest absolute Gasteiger partial charge is 0.342 e. The van der Waals surface area contributed by atoms with Gasteiger partial charge in [0.15, 0.2) is 0 Å². The number of nitro groups is 1. The summed E-state index contributed by atoms with van der Waals surface area (Å²) in [4.78, 5) is 48.3. The number of nitrogens with one attached hydrogen (secondary N) is 1. The maximum absolute atomic E-state index is 13.1. The van der Waals surface area contributed by atoms with Gasteiger partial charge in [-0.25, -0.2) is 4.98 Å². The Kier molecular flexibility index (Phi) is 7.88. The van der Waals surface area contributed by atoms with E-state index in [1.54, 1.807) is 18.3 Å². The van der Waals surface area contributed by atoms with Crippen LogP contribution in [0, 0.1) is 27.4 Å². The van der Waals surface area contributed by atoms with Crippen molar-refractivity contribution in [3.8, 4) is 11.4 Å². The molecule has 2 atom stereocenters. The Hall–Kier alpha value is -3.07. The Morgan fingerprint density at radius 1 is 1.19 bits per heavy atom. The second-order valence-corrected chi connectivity index (χ2v) is 11.0. The molecule has 2 aromatic rings. The standard InChI is InChI=1S/C27H37N5O4/c1-27(2)17-22(24(33)10-11-25(34)31-13-5-12-30(3)14-15-31)23(27)9-8-20-18-28-26(29-20)19-6-4-7-21(16-19)32(35)36/h4,6-7,16,18,22-23H,5,8-15,17H2,1-3H3,(H,28,29)/t22-,23+/m0/s1. The minimum absolute atomic E-state index is 0.00207. The zero-order valence-electron chi connectivity index (χ0n) is 21.5. The molecule has 4 rings (SSSR count). The van der Waals surface area contributed by atoms with Crippen molar-refractivity contribution in [1.29, 1.82) is 0 Å². The summed E-state index contributed by atoms with van der Waals surface area (Å²) in [6.07, 6.45) is 5.84. The summed E-state index contributed by atoms with van der Waals surface area (Å²) in [5, 5.41) is 11.1. The highest BCUT2D eigenvalue weighted by molar-refractivity contribution is 5.87. The van der Waals surface area contributed by atoms with Crippen LogP contribution in [0.25, 0.3) is 11.4 Å². The zero-order valence-corrected chi connectivity index (χ0v) is 21.5. The van der Waals surface area contributed by atoms with Crippen LogP contribution >= 0.6 is 0 Å². The summed E-state index contributed by atoms with van der Waals surface area (Å²) in [6.45, 7) is 7.83. The van der Waals surface area contributed by atoms with Crippen LogP contribution in [0.2, 0.25) is 0 Å². The third-order valence-electron chi connectivity index (χ3n) is 7.99. The number of imidazole rings is 1. The Morgan fingerprint density at radius 3 is 2.75 bits per heavy atom. The highest BCUT2D eigenvalue weighted by Gasteiger charge is 2.49. The number of aromatic amines is 1. The molecule has 1 aliphatic heterocycles. The molecular weight excluding hydrogens is 458 g/mol. The number of nitrogens with zero attached hydrogens (tertiary/aromatic N) is 4. The number of hydrogen-bond donors (Lipinski definition) is 1. The molecule has 9 nitrogen and oxygen atoms in total. The van der Waals surface area contributed by atoms with Gasteiger partial charge in [0.2, 0.25) is 5.91 Å². The normalized spacial score (nSPS) is 22.0. The number of benzene rings is 1. The Bertz CT molecular complexity index is 1110. The molecule has 0 unspecified atom stereocenters. The van der Waals surface area contributed by atoms with E-state index >= 15 is 0 Å². The molecule has 1 N–H and O–H groups in total. The molecule has 2 fully saturated rings. The van der Waals surface area contributed by atoms with E-state index in [1.165, 1.54) is 12.1 Å². The fraction of sp³-hybridized carbons (Fsp3) is 0.593. The fourth-order valence-electron chi connectivity index (χ4n) is 5.75. The average Bonchev–Trinajstić information content (AvgIpc) is 3.21. The summed E-state index contributed by atoms with van der Waals surface area (Å²) >= 11 is 0. The van der Waals surface area contributed by atoms with E-state index in [9.17, 15) is 19.7 Å². The van der Waals surface area contributed by atoms with Crippen LogP contribution in [0.5, 0.6) is 0 Å². The number of nitro benzene ring substituents is 1. The number of non-ortho nitro benzene ring substituents is 1. The minimum Gasteiger partial charge on any atom is -0.342 e. The lowest BCUT2D eigenvalue weighted by atomic mass is 9.53. The van der Waals surface area contributed by atoms with Gasteiger partial charge in [-0.05, 0) is 50.6 Å². The number of carbonyl (C=O) groups is 2. The third-order valence-corrected chi connectivity index (χ3v) is 7.99. The summed E-state index contributed by atoms with van der Waals surface area (Å²) in [5.74, 6) is 1.17. The van der Waals surface area contributed by atoms with Crippen LogP contribution in [-0.4, -0.2) is 69.6 Å². The molecular formula is C27H37N5O4. The van der Waals surface area contributed by atoms with E-state index in [1.807, 2.05) is 4.90 Å². The lowest BCUT2D eigenvalue weighted by molar-refractivity contribution is -0.384. The van der Waals surface area contributed by atoms with Gasteiger partial charge in [0.25, 0.3) is 5.69 Å². The van der Waals surface area contributed by atoms with Gasteiger partial charge in [-0.3, -0.25) is 19.7 Å². The number of rotatable bonds is 9. The van der Waals surface area contributed by atoms with Crippen molar-refractivity contribution in [3.05, 3.63) is 46.3 Å². The van der Waals surface area contributed by atoms with E-state index < -0.39 is 4.92 Å².